The SMILES string of the molecule is CC(=O)NC[C@@H]1CN(c2ccc(N3CCOCC3)c(F)c2)C(=O)O1. The third kappa shape index (κ3) is 3.59. The zero-order valence-corrected chi connectivity index (χ0v) is 13.5. The second-order valence-electron chi connectivity index (χ2n) is 5.79. The van der Waals surface area contributed by atoms with Crippen LogP contribution in [0.5, 0.6) is 0 Å². The van der Waals surface area contributed by atoms with Gasteiger partial charge in [-0.1, -0.05) is 0 Å². The normalized spacial score (nSPS) is 20.9. The number of carbonyl (C=O) groups is 2. The molecule has 2 amide bonds. The van der Waals surface area contributed by atoms with E-state index in [9.17, 15) is 14.0 Å². The van der Waals surface area contributed by atoms with E-state index in [1.165, 1.54) is 17.9 Å². The highest BCUT2D eigenvalue weighted by atomic mass is 19.1. The summed E-state index contributed by atoms with van der Waals surface area (Å²) >= 11 is 0. The quantitative estimate of drug-likeness (QED) is 0.892. The number of nitrogens with one attached hydrogen (secondary N) is 1. The van der Waals surface area contributed by atoms with Crippen LogP contribution in [0.15, 0.2) is 18.2 Å². The molecule has 2 aliphatic rings. The lowest BCUT2D eigenvalue weighted by Gasteiger charge is -2.29. The molecule has 0 unspecified atom stereocenters. The van der Waals surface area contributed by atoms with Gasteiger partial charge in [-0.2, -0.15) is 0 Å². The highest BCUT2D eigenvalue weighted by Gasteiger charge is 2.32. The number of rotatable bonds is 4. The molecule has 0 bridgehead atoms. The highest BCUT2D eigenvalue weighted by Crippen LogP contribution is 2.28. The number of anilines is 2. The summed E-state index contributed by atoms with van der Waals surface area (Å²) in [4.78, 5) is 26.2. The molecule has 2 aliphatic heterocycles. The van der Waals surface area contributed by atoms with Crippen LogP contribution in [0.25, 0.3) is 0 Å². The molecular formula is C16H20FN3O4. The number of hydrogen-bond donors (Lipinski definition) is 1. The van der Waals surface area contributed by atoms with Gasteiger partial charge in [0.2, 0.25) is 5.91 Å². The number of carbonyl (C=O) groups excluding carboxylic acids is 2. The molecule has 1 aromatic carbocycles. The van der Waals surface area contributed by atoms with E-state index < -0.39 is 12.2 Å². The molecule has 0 spiro atoms. The van der Waals surface area contributed by atoms with Gasteiger partial charge < -0.3 is 19.7 Å². The largest absolute Gasteiger partial charge is 0.442 e. The van der Waals surface area contributed by atoms with Crippen LogP contribution in [0, 0.1) is 5.82 Å². The summed E-state index contributed by atoms with van der Waals surface area (Å²) in [7, 11) is 0. The predicted molar refractivity (Wildman–Crippen MR) is 85.7 cm³/mol. The molecule has 2 heterocycles. The maximum Gasteiger partial charge on any atom is 0.414 e. The van der Waals surface area contributed by atoms with Crippen molar-refractivity contribution in [2.75, 3.05) is 49.2 Å². The molecule has 7 nitrogen and oxygen atoms in total. The molecule has 130 valence electrons. The lowest BCUT2D eigenvalue weighted by molar-refractivity contribution is -0.119. The number of ether oxygens (including phenoxy) is 2. The molecule has 0 aliphatic carbocycles. The van der Waals surface area contributed by atoms with Crippen LogP contribution in [-0.2, 0) is 14.3 Å². The van der Waals surface area contributed by atoms with Gasteiger partial charge in [-0.15, -0.1) is 0 Å². The van der Waals surface area contributed by atoms with Gasteiger partial charge in [0.1, 0.15) is 11.9 Å². The van der Waals surface area contributed by atoms with Crippen molar-refractivity contribution in [1.82, 2.24) is 5.32 Å². The minimum atomic E-state index is -0.538. The summed E-state index contributed by atoms with van der Waals surface area (Å²) in [5.74, 6) is -0.571. The van der Waals surface area contributed by atoms with Crippen LogP contribution in [0.4, 0.5) is 20.6 Å². The molecule has 2 fully saturated rings. The van der Waals surface area contributed by atoms with Crippen molar-refractivity contribution >= 4 is 23.4 Å². The van der Waals surface area contributed by atoms with Crippen molar-refractivity contribution < 1.29 is 23.5 Å². The smallest absolute Gasteiger partial charge is 0.414 e. The first-order chi connectivity index (χ1) is 11.5. The molecule has 8 heteroatoms. The molecule has 1 aromatic rings. The van der Waals surface area contributed by atoms with E-state index in [0.29, 0.717) is 37.7 Å². The molecule has 1 atom stereocenters. The average Bonchev–Trinajstić information content (AvgIpc) is 2.94. The van der Waals surface area contributed by atoms with Crippen molar-refractivity contribution in [2.45, 2.75) is 13.0 Å². The summed E-state index contributed by atoms with van der Waals surface area (Å²) in [6.07, 6.45) is -0.979. The Morgan fingerprint density at radius 1 is 1.38 bits per heavy atom. The summed E-state index contributed by atoms with van der Waals surface area (Å²) in [6, 6.07) is 4.72. The summed E-state index contributed by atoms with van der Waals surface area (Å²) in [5.41, 5.74) is 0.948. The third-order valence-electron chi connectivity index (χ3n) is 4.05. The van der Waals surface area contributed by atoms with Crippen LogP contribution in [0.2, 0.25) is 0 Å². The lowest BCUT2D eigenvalue weighted by atomic mass is 10.2. The number of benzene rings is 1. The monoisotopic (exact) mass is 337 g/mol. The predicted octanol–water partition coefficient (Wildman–Crippen LogP) is 1.12. The van der Waals surface area contributed by atoms with Gasteiger partial charge >= 0.3 is 6.09 Å². The zero-order chi connectivity index (χ0) is 17.1. The number of hydrogen-bond acceptors (Lipinski definition) is 5. The maximum absolute atomic E-state index is 14.4. The second kappa shape index (κ2) is 7.04. The van der Waals surface area contributed by atoms with E-state index in [1.54, 1.807) is 12.1 Å². The minimum absolute atomic E-state index is 0.189. The van der Waals surface area contributed by atoms with E-state index in [1.807, 2.05) is 4.90 Å². The number of nitrogens with zero attached hydrogens (tertiary/aromatic N) is 2. The standard InChI is InChI=1S/C16H20FN3O4/c1-11(21)18-9-13-10-20(16(22)24-13)12-2-3-15(14(17)8-12)19-4-6-23-7-5-19/h2-3,8,13H,4-7,9-10H2,1H3,(H,18,21)/t13-/m1/s1. The average molecular weight is 337 g/mol. The number of morpholine rings is 1. The lowest BCUT2D eigenvalue weighted by Crippen LogP contribution is -2.36. The second-order valence-corrected chi connectivity index (χ2v) is 5.79. The third-order valence-corrected chi connectivity index (χ3v) is 4.05. The molecule has 0 radical (unpaired) electrons. The fraction of sp³-hybridized carbons (Fsp3) is 0.500. The molecule has 3 rings (SSSR count). The van der Waals surface area contributed by atoms with Crippen LogP contribution in [-0.4, -0.2) is 57.5 Å². The van der Waals surface area contributed by atoms with Gasteiger partial charge in [0, 0.05) is 20.0 Å². The fourth-order valence-corrected chi connectivity index (χ4v) is 2.82. The van der Waals surface area contributed by atoms with E-state index in [2.05, 4.69) is 5.32 Å². The number of cyclic esters (lactones) is 1. The van der Waals surface area contributed by atoms with Gasteiger partial charge in [0.25, 0.3) is 0 Å². The Bertz CT molecular complexity index is 634. The molecule has 24 heavy (non-hydrogen) atoms. The summed E-state index contributed by atoms with van der Waals surface area (Å²) < 4.78 is 24.9. The van der Waals surface area contributed by atoms with Crippen LogP contribution in [0.3, 0.4) is 0 Å². The topological polar surface area (TPSA) is 71.1 Å². The summed E-state index contributed by atoms with van der Waals surface area (Å²) in [5, 5.41) is 2.61. The van der Waals surface area contributed by atoms with Crippen molar-refractivity contribution in [3.05, 3.63) is 24.0 Å². The molecule has 0 aromatic heterocycles. The van der Waals surface area contributed by atoms with E-state index in [0.717, 1.165) is 0 Å². The number of amides is 2. The van der Waals surface area contributed by atoms with E-state index in [-0.39, 0.29) is 24.8 Å². The van der Waals surface area contributed by atoms with Crippen molar-refractivity contribution in [3.8, 4) is 0 Å². The fourth-order valence-electron chi connectivity index (χ4n) is 2.82. The maximum atomic E-state index is 14.4. The van der Waals surface area contributed by atoms with Crippen molar-refractivity contribution in [3.63, 3.8) is 0 Å². The molecular weight excluding hydrogens is 317 g/mol. The van der Waals surface area contributed by atoms with Gasteiger partial charge in [-0.05, 0) is 18.2 Å². The van der Waals surface area contributed by atoms with Crippen LogP contribution >= 0.6 is 0 Å². The Kier molecular flexibility index (Phi) is 4.84. The van der Waals surface area contributed by atoms with Crippen LogP contribution < -0.4 is 15.1 Å². The number of halogens is 1. The Morgan fingerprint density at radius 2 is 2.12 bits per heavy atom. The van der Waals surface area contributed by atoms with Crippen molar-refractivity contribution in [2.24, 2.45) is 0 Å². The minimum Gasteiger partial charge on any atom is -0.442 e. The first-order valence-electron chi connectivity index (χ1n) is 7.89. The summed E-state index contributed by atoms with van der Waals surface area (Å²) in [6.45, 7) is 4.34. The Labute approximate surface area is 139 Å². The van der Waals surface area contributed by atoms with Gasteiger partial charge in [0.05, 0.1) is 37.7 Å². The Morgan fingerprint density at radius 3 is 2.79 bits per heavy atom. The van der Waals surface area contributed by atoms with Crippen LogP contribution in [0.1, 0.15) is 6.92 Å². The van der Waals surface area contributed by atoms with E-state index in [4.69, 9.17) is 9.47 Å². The first-order valence-corrected chi connectivity index (χ1v) is 7.89. The van der Waals surface area contributed by atoms with Gasteiger partial charge in [-0.3, -0.25) is 9.69 Å². The van der Waals surface area contributed by atoms with Gasteiger partial charge in [-0.25, -0.2) is 9.18 Å². The molecule has 2 saturated heterocycles. The van der Waals surface area contributed by atoms with Gasteiger partial charge in [0.15, 0.2) is 0 Å². The molecule has 1 N–H and O–H groups in total. The first kappa shape index (κ1) is 16.5. The molecule has 0 saturated carbocycles. The Balaban J connectivity index is 1.69. The van der Waals surface area contributed by atoms with Crippen molar-refractivity contribution in [1.29, 1.82) is 0 Å². The highest BCUT2D eigenvalue weighted by molar-refractivity contribution is 5.90. The van der Waals surface area contributed by atoms with E-state index >= 15 is 0 Å². The Hall–Kier alpha value is -2.35. The zero-order valence-electron chi connectivity index (χ0n) is 13.5.